The molecule has 0 radical (unpaired) electrons. The van der Waals surface area contributed by atoms with Crippen molar-refractivity contribution in [3.8, 4) is 0 Å². The maximum Gasteiger partial charge on any atom is 0.0679 e. The van der Waals surface area contributed by atoms with Gasteiger partial charge in [-0.1, -0.05) is 48.9 Å². The van der Waals surface area contributed by atoms with Crippen molar-refractivity contribution in [2.45, 2.75) is 19.9 Å². The highest BCUT2D eigenvalue weighted by molar-refractivity contribution is 7.10. The van der Waals surface area contributed by atoms with Crippen LogP contribution < -0.4 is 5.32 Å². The zero-order valence-corrected chi connectivity index (χ0v) is 13.8. The predicted octanol–water partition coefficient (Wildman–Crippen LogP) is 5.56. The van der Waals surface area contributed by atoms with Gasteiger partial charge in [0.2, 0.25) is 0 Å². The van der Waals surface area contributed by atoms with E-state index in [4.69, 9.17) is 11.6 Å². The second kappa shape index (κ2) is 6.18. The molecule has 3 heteroatoms. The van der Waals surface area contributed by atoms with Crippen molar-refractivity contribution in [1.82, 2.24) is 5.32 Å². The van der Waals surface area contributed by atoms with Gasteiger partial charge in [0.1, 0.15) is 0 Å². The standard InChI is InChI=1S/C18H18ClNS/c1-3-20-17(18-12(2)10-11-21-18)15-8-9-16(19)14-7-5-4-6-13(14)15/h4-11,17,20H,3H2,1-2H3. The molecule has 1 nitrogen and oxygen atoms in total. The highest BCUT2D eigenvalue weighted by Crippen LogP contribution is 2.35. The van der Waals surface area contributed by atoms with Gasteiger partial charge in [-0.25, -0.2) is 0 Å². The van der Waals surface area contributed by atoms with Gasteiger partial charge < -0.3 is 5.32 Å². The molecule has 2 aromatic carbocycles. The normalized spacial score (nSPS) is 12.7. The van der Waals surface area contributed by atoms with Crippen LogP contribution >= 0.6 is 22.9 Å². The van der Waals surface area contributed by atoms with Gasteiger partial charge >= 0.3 is 0 Å². The van der Waals surface area contributed by atoms with E-state index < -0.39 is 0 Å². The predicted molar refractivity (Wildman–Crippen MR) is 93.5 cm³/mol. The summed E-state index contributed by atoms with van der Waals surface area (Å²) in [7, 11) is 0. The second-order valence-corrected chi connectivity index (χ2v) is 6.50. The fraction of sp³-hybridized carbons (Fsp3) is 0.222. The minimum absolute atomic E-state index is 0.220. The minimum atomic E-state index is 0.220. The quantitative estimate of drug-likeness (QED) is 0.664. The number of hydrogen-bond donors (Lipinski definition) is 1. The van der Waals surface area contributed by atoms with Gasteiger partial charge in [0.05, 0.1) is 6.04 Å². The molecule has 108 valence electrons. The first kappa shape index (κ1) is 14.6. The summed E-state index contributed by atoms with van der Waals surface area (Å²) in [4.78, 5) is 1.38. The maximum atomic E-state index is 6.35. The van der Waals surface area contributed by atoms with E-state index in [1.165, 1.54) is 21.4 Å². The van der Waals surface area contributed by atoms with Gasteiger partial charge in [0, 0.05) is 15.3 Å². The van der Waals surface area contributed by atoms with Crippen LogP contribution in [-0.4, -0.2) is 6.54 Å². The van der Waals surface area contributed by atoms with E-state index in [1.807, 2.05) is 23.5 Å². The summed E-state index contributed by atoms with van der Waals surface area (Å²) in [6.07, 6.45) is 0. The number of thiophene rings is 1. The van der Waals surface area contributed by atoms with Crippen molar-refractivity contribution in [3.05, 3.63) is 68.9 Å². The smallest absolute Gasteiger partial charge is 0.0679 e. The van der Waals surface area contributed by atoms with Crippen molar-refractivity contribution in [1.29, 1.82) is 0 Å². The molecular formula is C18H18ClNS. The molecule has 0 bridgehead atoms. The van der Waals surface area contributed by atoms with Crippen LogP contribution in [0.1, 0.15) is 29.0 Å². The number of fused-ring (bicyclic) bond motifs is 1. The van der Waals surface area contributed by atoms with E-state index in [1.54, 1.807) is 0 Å². The molecule has 3 rings (SSSR count). The largest absolute Gasteiger partial charge is 0.306 e. The Morgan fingerprint density at radius 1 is 1.10 bits per heavy atom. The van der Waals surface area contributed by atoms with Gasteiger partial charge in [-0.15, -0.1) is 11.3 Å². The molecule has 3 aromatic rings. The number of rotatable bonds is 4. The summed E-state index contributed by atoms with van der Waals surface area (Å²) < 4.78 is 0. The van der Waals surface area contributed by atoms with Crippen molar-refractivity contribution >= 4 is 33.7 Å². The van der Waals surface area contributed by atoms with E-state index in [-0.39, 0.29) is 6.04 Å². The highest BCUT2D eigenvalue weighted by atomic mass is 35.5. The summed E-state index contributed by atoms with van der Waals surface area (Å²) >= 11 is 8.16. The average Bonchev–Trinajstić information content (AvgIpc) is 2.92. The van der Waals surface area contributed by atoms with E-state index in [9.17, 15) is 0 Å². The first-order valence-electron chi connectivity index (χ1n) is 7.17. The van der Waals surface area contributed by atoms with Crippen molar-refractivity contribution in [2.75, 3.05) is 6.54 Å². The Labute approximate surface area is 134 Å². The molecule has 0 aliphatic rings. The Kier molecular flexibility index (Phi) is 4.29. The van der Waals surface area contributed by atoms with Gasteiger partial charge in [-0.05, 0) is 47.5 Å². The SMILES string of the molecule is CCNC(c1sccc1C)c1ccc(Cl)c2ccccc12. The molecule has 1 aromatic heterocycles. The monoisotopic (exact) mass is 315 g/mol. The van der Waals surface area contributed by atoms with Crippen LogP contribution in [0.25, 0.3) is 10.8 Å². The first-order valence-corrected chi connectivity index (χ1v) is 8.42. The number of hydrogen-bond acceptors (Lipinski definition) is 2. The van der Waals surface area contributed by atoms with Gasteiger partial charge in [0.15, 0.2) is 0 Å². The Morgan fingerprint density at radius 2 is 1.86 bits per heavy atom. The Balaban J connectivity index is 2.21. The van der Waals surface area contributed by atoms with E-state index in [0.717, 1.165) is 17.0 Å². The van der Waals surface area contributed by atoms with E-state index in [2.05, 4.69) is 54.9 Å². The van der Waals surface area contributed by atoms with Gasteiger partial charge in [0.25, 0.3) is 0 Å². The number of nitrogens with one attached hydrogen (secondary N) is 1. The molecule has 0 aliphatic heterocycles. The fourth-order valence-electron chi connectivity index (χ4n) is 2.77. The van der Waals surface area contributed by atoms with Crippen LogP contribution in [0, 0.1) is 6.92 Å². The third-order valence-corrected chi connectivity index (χ3v) is 5.20. The number of benzene rings is 2. The van der Waals surface area contributed by atoms with Crippen LogP contribution in [0.5, 0.6) is 0 Å². The molecule has 1 atom stereocenters. The van der Waals surface area contributed by atoms with Crippen molar-refractivity contribution in [2.24, 2.45) is 0 Å². The Bertz CT molecular complexity index is 763. The topological polar surface area (TPSA) is 12.0 Å². The number of halogens is 1. The molecule has 1 N–H and O–H groups in total. The lowest BCUT2D eigenvalue weighted by molar-refractivity contribution is 0.641. The molecule has 0 amide bonds. The molecule has 21 heavy (non-hydrogen) atoms. The lowest BCUT2D eigenvalue weighted by Crippen LogP contribution is -2.22. The van der Waals surface area contributed by atoms with Gasteiger partial charge in [-0.2, -0.15) is 0 Å². The summed E-state index contributed by atoms with van der Waals surface area (Å²) in [5.41, 5.74) is 2.63. The van der Waals surface area contributed by atoms with Crippen LogP contribution in [-0.2, 0) is 0 Å². The summed E-state index contributed by atoms with van der Waals surface area (Å²) in [6, 6.07) is 14.9. The lowest BCUT2D eigenvalue weighted by Gasteiger charge is -2.20. The molecule has 0 saturated heterocycles. The van der Waals surface area contributed by atoms with Crippen LogP contribution in [0.4, 0.5) is 0 Å². The van der Waals surface area contributed by atoms with E-state index >= 15 is 0 Å². The third-order valence-electron chi connectivity index (χ3n) is 3.79. The van der Waals surface area contributed by atoms with Crippen molar-refractivity contribution in [3.63, 3.8) is 0 Å². The van der Waals surface area contributed by atoms with Gasteiger partial charge in [-0.3, -0.25) is 0 Å². The maximum absolute atomic E-state index is 6.35. The van der Waals surface area contributed by atoms with Crippen LogP contribution in [0.15, 0.2) is 47.8 Å². The van der Waals surface area contributed by atoms with E-state index in [0.29, 0.717) is 0 Å². The molecule has 0 fully saturated rings. The summed E-state index contributed by atoms with van der Waals surface area (Å²) in [6.45, 7) is 5.25. The zero-order valence-electron chi connectivity index (χ0n) is 12.2. The first-order chi connectivity index (χ1) is 10.2. The van der Waals surface area contributed by atoms with Crippen LogP contribution in [0.2, 0.25) is 5.02 Å². The Hall–Kier alpha value is -1.35. The lowest BCUT2D eigenvalue weighted by atomic mass is 9.96. The highest BCUT2D eigenvalue weighted by Gasteiger charge is 2.19. The molecule has 0 saturated carbocycles. The molecular weight excluding hydrogens is 298 g/mol. The Morgan fingerprint density at radius 3 is 2.52 bits per heavy atom. The molecule has 0 aliphatic carbocycles. The second-order valence-electron chi connectivity index (χ2n) is 5.14. The molecule has 1 heterocycles. The van der Waals surface area contributed by atoms with Crippen LogP contribution in [0.3, 0.4) is 0 Å². The zero-order chi connectivity index (χ0) is 14.8. The average molecular weight is 316 g/mol. The summed E-state index contributed by atoms with van der Waals surface area (Å²) in [5.74, 6) is 0. The molecule has 1 unspecified atom stereocenters. The summed E-state index contributed by atoms with van der Waals surface area (Å²) in [5, 5.41) is 8.94. The number of aryl methyl sites for hydroxylation is 1. The fourth-order valence-corrected chi connectivity index (χ4v) is 4.01. The minimum Gasteiger partial charge on any atom is -0.306 e. The third kappa shape index (κ3) is 2.71. The molecule has 0 spiro atoms. The van der Waals surface area contributed by atoms with Crippen molar-refractivity contribution < 1.29 is 0 Å².